The van der Waals surface area contributed by atoms with Crippen LogP contribution in [0.25, 0.3) is 0 Å². The molecule has 2 fully saturated rings. The van der Waals surface area contributed by atoms with Crippen LogP contribution in [-0.4, -0.2) is 29.8 Å². The third kappa shape index (κ3) is 3.15. The second-order valence-electron chi connectivity index (χ2n) is 6.30. The van der Waals surface area contributed by atoms with E-state index in [2.05, 4.69) is 49.1 Å². The Kier molecular flexibility index (Phi) is 4.27. The minimum Gasteiger partial charge on any atom is -0.382 e. The Bertz CT molecular complexity index is 463. The lowest BCUT2D eigenvalue weighted by Crippen LogP contribution is -2.46. The third-order valence-corrected chi connectivity index (χ3v) is 5.62. The van der Waals surface area contributed by atoms with Gasteiger partial charge >= 0.3 is 0 Å². The predicted molar refractivity (Wildman–Crippen MR) is 87.8 cm³/mol. The summed E-state index contributed by atoms with van der Waals surface area (Å²) >= 11 is 2.07. The van der Waals surface area contributed by atoms with E-state index in [1.165, 1.54) is 47.6 Å². The summed E-state index contributed by atoms with van der Waals surface area (Å²) in [5, 5.41) is 3.76. The van der Waals surface area contributed by atoms with E-state index in [1.54, 1.807) is 0 Å². The van der Waals surface area contributed by atoms with Gasteiger partial charge in [-0.05, 0) is 62.7 Å². The van der Waals surface area contributed by atoms with Crippen LogP contribution in [0.1, 0.15) is 36.8 Å². The van der Waals surface area contributed by atoms with E-state index in [0.29, 0.717) is 6.04 Å². The van der Waals surface area contributed by atoms with Gasteiger partial charge in [-0.3, -0.25) is 0 Å². The summed E-state index contributed by atoms with van der Waals surface area (Å²) in [4.78, 5) is 0. The van der Waals surface area contributed by atoms with Gasteiger partial charge in [0, 0.05) is 18.3 Å². The topological polar surface area (TPSA) is 21.3 Å². The summed E-state index contributed by atoms with van der Waals surface area (Å²) in [5.74, 6) is 2.52. The fourth-order valence-electron chi connectivity index (χ4n) is 3.44. The molecular formula is C17H25NOS. The molecule has 0 bridgehead atoms. The largest absolute Gasteiger partial charge is 0.382 e. The lowest BCUT2D eigenvalue weighted by Gasteiger charge is -2.43. The SMILES string of the molecule is Cc1ccc(NC2CCOC3(CCSCC3)C2)c(C)c1. The number of thioether (sulfide) groups is 1. The Morgan fingerprint density at radius 1 is 1.25 bits per heavy atom. The lowest BCUT2D eigenvalue weighted by atomic mass is 9.85. The molecule has 2 nitrogen and oxygen atoms in total. The third-order valence-electron chi connectivity index (χ3n) is 4.64. The number of hydrogen-bond acceptors (Lipinski definition) is 3. The molecule has 3 heteroatoms. The smallest absolute Gasteiger partial charge is 0.0717 e. The Morgan fingerprint density at radius 3 is 2.80 bits per heavy atom. The number of nitrogens with one attached hydrogen (secondary N) is 1. The molecule has 3 rings (SSSR count). The average molecular weight is 291 g/mol. The molecule has 2 aliphatic heterocycles. The van der Waals surface area contributed by atoms with Gasteiger partial charge in [0.25, 0.3) is 0 Å². The highest BCUT2D eigenvalue weighted by atomic mass is 32.2. The van der Waals surface area contributed by atoms with Gasteiger partial charge in [0.15, 0.2) is 0 Å². The zero-order chi connectivity index (χ0) is 14.0. The molecule has 110 valence electrons. The van der Waals surface area contributed by atoms with E-state index >= 15 is 0 Å². The fraction of sp³-hybridized carbons (Fsp3) is 0.647. The normalized spacial score (nSPS) is 25.6. The molecule has 0 aromatic heterocycles. The molecule has 0 aliphatic carbocycles. The Morgan fingerprint density at radius 2 is 2.05 bits per heavy atom. The van der Waals surface area contributed by atoms with E-state index in [4.69, 9.17) is 4.74 Å². The van der Waals surface area contributed by atoms with Gasteiger partial charge in [0.1, 0.15) is 0 Å². The van der Waals surface area contributed by atoms with Gasteiger partial charge < -0.3 is 10.1 Å². The summed E-state index contributed by atoms with van der Waals surface area (Å²) < 4.78 is 6.17. The van der Waals surface area contributed by atoms with Crippen LogP contribution in [0.3, 0.4) is 0 Å². The van der Waals surface area contributed by atoms with E-state index in [9.17, 15) is 0 Å². The summed E-state index contributed by atoms with van der Waals surface area (Å²) in [6.45, 7) is 5.26. The van der Waals surface area contributed by atoms with Crippen molar-refractivity contribution in [3.63, 3.8) is 0 Å². The molecule has 1 N–H and O–H groups in total. The van der Waals surface area contributed by atoms with Crippen molar-refractivity contribution in [2.24, 2.45) is 0 Å². The standard InChI is InChI=1S/C17H25NOS/c1-13-3-4-16(14(2)11-13)18-15-5-8-19-17(12-15)6-9-20-10-7-17/h3-4,11,15,18H,5-10,12H2,1-2H3. The van der Waals surface area contributed by atoms with E-state index in [0.717, 1.165) is 13.0 Å². The van der Waals surface area contributed by atoms with Crippen LogP contribution in [0.4, 0.5) is 5.69 Å². The second kappa shape index (κ2) is 5.98. The quantitative estimate of drug-likeness (QED) is 0.884. The first-order valence-corrected chi connectivity index (χ1v) is 8.88. The van der Waals surface area contributed by atoms with Crippen LogP contribution in [0, 0.1) is 13.8 Å². The first-order chi connectivity index (χ1) is 9.67. The molecule has 0 radical (unpaired) electrons. The van der Waals surface area contributed by atoms with Crippen molar-refractivity contribution >= 4 is 17.4 Å². The van der Waals surface area contributed by atoms with Gasteiger partial charge in [-0.15, -0.1) is 0 Å². The Balaban J connectivity index is 1.68. The van der Waals surface area contributed by atoms with Crippen molar-refractivity contribution in [1.82, 2.24) is 0 Å². The molecule has 2 saturated heterocycles. The minimum absolute atomic E-state index is 0.166. The second-order valence-corrected chi connectivity index (χ2v) is 7.52. The van der Waals surface area contributed by atoms with Gasteiger partial charge in [0.2, 0.25) is 0 Å². The molecule has 1 atom stereocenters. The first-order valence-electron chi connectivity index (χ1n) is 7.72. The molecule has 1 aromatic carbocycles. The number of hydrogen-bond donors (Lipinski definition) is 1. The van der Waals surface area contributed by atoms with Crippen molar-refractivity contribution < 1.29 is 4.74 Å². The highest BCUT2D eigenvalue weighted by Crippen LogP contribution is 2.38. The summed E-state index contributed by atoms with van der Waals surface area (Å²) in [5.41, 5.74) is 4.15. The van der Waals surface area contributed by atoms with Crippen LogP contribution in [0.15, 0.2) is 18.2 Å². The van der Waals surface area contributed by atoms with Gasteiger partial charge in [-0.1, -0.05) is 17.7 Å². The predicted octanol–water partition coefficient (Wildman–Crippen LogP) is 4.16. The van der Waals surface area contributed by atoms with Crippen LogP contribution in [0.5, 0.6) is 0 Å². The summed E-state index contributed by atoms with van der Waals surface area (Å²) in [7, 11) is 0. The Labute approximate surface area is 126 Å². The molecule has 1 unspecified atom stereocenters. The maximum Gasteiger partial charge on any atom is 0.0717 e. The summed E-state index contributed by atoms with van der Waals surface area (Å²) in [6.07, 6.45) is 4.74. The van der Waals surface area contributed by atoms with Crippen molar-refractivity contribution in [1.29, 1.82) is 0 Å². The molecule has 0 saturated carbocycles. The van der Waals surface area contributed by atoms with E-state index < -0.39 is 0 Å². The molecule has 0 amide bonds. The Hall–Kier alpha value is -0.670. The van der Waals surface area contributed by atoms with Crippen molar-refractivity contribution in [2.45, 2.75) is 51.2 Å². The fourth-order valence-corrected chi connectivity index (χ4v) is 4.68. The molecule has 2 aliphatic rings. The van der Waals surface area contributed by atoms with Gasteiger partial charge in [-0.25, -0.2) is 0 Å². The minimum atomic E-state index is 0.166. The van der Waals surface area contributed by atoms with Crippen LogP contribution in [-0.2, 0) is 4.74 Å². The molecule has 20 heavy (non-hydrogen) atoms. The van der Waals surface area contributed by atoms with E-state index in [-0.39, 0.29) is 5.60 Å². The van der Waals surface area contributed by atoms with Crippen molar-refractivity contribution in [3.8, 4) is 0 Å². The monoisotopic (exact) mass is 291 g/mol. The molecular weight excluding hydrogens is 266 g/mol. The molecule has 1 aromatic rings. The summed E-state index contributed by atoms with van der Waals surface area (Å²) in [6, 6.07) is 7.24. The average Bonchev–Trinajstić information content (AvgIpc) is 2.43. The van der Waals surface area contributed by atoms with Crippen LogP contribution in [0.2, 0.25) is 0 Å². The van der Waals surface area contributed by atoms with Gasteiger partial charge in [-0.2, -0.15) is 11.8 Å². The van der Waals surface area contributed by atoms with Crippen LogP contribution < -0.4 is 5.32 Å². The molecule has 2 heterocycles. The zero-order valence-electron chi connectivity index (χ0n) is 12.6. The number of aryl methyl sites for hydroxylation is 2. The zero-order valence-corrected chi connectivity index (χ0v) is 13.4. The first kappa shape index (κ1) is 14.3. The van der Waals surface area contributed by atoms with Crippen LogP contribution >= 0.6 is 11.8 Å². The van der Waals surface area contributed by atoms with Crippen molar-refractivity contribution in [2.75, 3.05) is 23.4 Å². The number of benzene rings is 1. The van der Waals surface area contributed by atoms with E-state index in [1.807, 2.05) is 0 Å². The number of anilines is 1. The maximum absolute atomic E-state index is 6.17. The number of rotatable bonds is 2. The highest BCUT2D eigenvalue weighted by Gasteiger charge is 2.38. The molecule has 1 spiro atoms. The van der Waals surface area contributed by atoms with Crippen molar-refractivity contribution in [3.05, 3.63) is 29.3 Å². The maximum atomic E-state index is 6.17. The lowest BCUT2D eigenvalue weighted by molar-refractivity contribution is -0.0865. The number of ether oxygens (including phenoxy) is 1. The highest BCUT2D eigenvalue weighted by molar-refractivity contribution is 7.99. The van der Waals surface area contributed by atoms with Gasteiger partial charge in [0.05, 0.1) is 5.60 Å².